The predicted octanol–water partition coefficient (Wildman–Crippen LogP) is 1.53. The van der Waals surface area contributed by atoms with Crippen molar-refractivity contribution in [1.82, 2.24) is 10.2 Å². The number of nitrogens with two attached hydrogens (primary N) is 1. The Morgan fingerprint density at radius 2 is 1.62 bits per heavy atom. The summed E-state index contributed by atoms with van der Waals surface area (Å²) in [5.41, 5.74) is 0.506. The number of sulfonamides is 1. The van der Waals surface area contributed by atoms with Gasteiger partial charge in [-0.15, -0.1) is 0 Å². The van der Waals surface area contributed by atoms with Gasteiger partial charge in [-0.2, -0.15) is 0 Å². The van der Waals surface area contributed by atoms with E-state index < -0.39 is 10.0 Å². The lowest BCUT2D eigenvalue weighted by molar-refractivity contribution is -0.128. The van der Waals surface area contributed by atoms with E-state index in [2.05, 4.69) is 29.4 Å². The van der Waals surface area contributed by atoms with Crippen LogP contribution in [0.3, 0.4) is 0 Å². The van der Waals surface area contributed by atoms with Gasteiger partial charge in [0.05, 0.1) is 10.9 Å². The van der Waals surface area contributed by atoms with Crippen LogP contribution in [0.2, 0.25) is 0 Å². The third-order valence-corrected chi connectivity index (χ3v) is 6.58. The van der Waals surface area contributed by atoms with Crippen molar-refractivity contribution in [3.63, 3.8) is 0 Å². The second-order valence-electron chi connectivity index (χ2n) is 8.09. The van der Waals surface area contributed by atoms with Crippen LogP contribution in [-0.2, 0) is 19.6 Å². The van der Waals surface area contributed by atoms with E-state index in [1.807, 2.05) is 13.8 Å². The average molecular weight is 425 g/mol. The number of hydrogen-bond donors (Lipinski definition) is 3. The van der Waals surface area contributed by atoms with Gasteiger partial charge in [0.1, 0.15) is 0 Å². The summed E-state index contributed by atoms with van der Waals surface area (Å²) in [7, 11) is -3.76. The highest BCUT2D eigenvalue weighted by molar-refractivity contribution is 7.89. The lowest BCUT2D eigenvalue weighted by Crippen LogP contribution is -2.49. The van der Waals surface area contributed by atoms with Gasteiger partial charge in [-0.3, -0.25) is 14.5 Å². The summed E-state index contributed by atoms with van der Waals surface area (Å²) in [6.07, 6.45) is 1.44. The molecule has 29 heavy (non-hydrogen) atoms. The van der Waals surface area contributed by atoms with Crippen LogP contribution in [-0.4, -0.2) is 50.3 Å². The van der Waals surface area contributed by atoms with Crippen LogP contribution in [0.4, 0.5) is 5.69 Å². The Hall–Kier alpha value is -1.97. The number of nitrogens with zero attached hydrogens (tertiary/aromatic N) is 1. The zero-order valence-electron chi connectivity index (χ0n) is 17.5. The molecule has 0 aromatic heterocycles. The lowest BCUT2D eigenvalue weighted by atomic mass is 9.94. The quantitative estimate of drug-likeness (QED) is 0.613. The molecule has 2 unspecified atom stereocenters. The first-order valence-electron chi connectivity index (χ1n) is 9.97. The van der Waals surface area contributed by atoms with Crippen LogP contribution in [0.5, 0.6) is 0 Å². The van der Waals surface area contributed by atoms with Crippen LogP contribution in [0.1, 0.15) is 40.5 Å². The molecule has 8 nitrogen and oxygen atoms in total. The lowest BCUT2D eigenvalue weighted by Gasteiger charge is -2.35. The number of likely N-dealkylation sites (tertiary alicyclic amines) is 1. The van der Waals surface area contributed by atoms with Crippen LogP contribution < -0.4 is 15.8 Å². The Morgan fingerprint density at radius 3 is 2.10 bits per heavy atom. The molecule has 1 heterocycles. The summed E-state index contributed by atoms with van der Waals surface area (Å²) < 4.78 is 22.6. The fraction of sp³-hybridized carbons (Fsp3) is 0.600. The molecule has 0 spiro atoms. The molecule has 0 saturated carbocycles. The fourth-order valence-corrected chi connectivity index (χ4v) is 3.71. The fourth-order valence-electron chi connectivity index (χ4n) is 3.20. The van der Waals surface area contributed by atoms with Gasteiger partial charge in [0, 0.05) is 17.6 Å². The number of anilines is 1. The normalized spacial score (nSPS) is 18.3. The number of piperidine rings is 1. The van der Waals surface area contributed by atoms with Gasteiger partial charge in [-0.25, -0.2) is 13.6 Å². The van der Waals surface area contributed by atoms with Crippen molar-refractivity contribution in [3.05, 3.63) is 24.3 Å². The molecular formula is C20H32N4O4S. The van der Waals surface area contributed by atoms with Crippen LogP contribution in [0.25, 0.3) is 0 Å². The molecule has 1 aromatic carbocycles. The van der Waals surface area contributed by atoms with Crippen molar-refractivity contribution >= 4 is 27.5 Å². The van der Waals surface area contributed by atoms with Gasteiger partial charge in [-0.05, 0) is 70.0 Å². The molecule has 1 saturated heterocycles. The highest BCUT2D eigenvalue weighted by Gasteiger charge is 2.30. The molecule has 0 bridgehead atoms. The van der Waals surface area contributed by atoms with Crippen molar-refractivity contribution in [2.75, 3.05) is 18.4 Å². The number of carbonyl (C=O) groups is 2. The number of nitrogens with one attached hydrogen (secondary N) is 2. The van der Waals surface area contributed by atoms with E-state index in [1.54, 1.807) is 0 Å². The number of primary sulfonamides is 1. The summed E-state index contributed by atoms with van der Waals surface area (Å²) >= 11 is 0. The van der Waals surface area contributed by atoms with Gasteiger partial charge >= 0.3 is 0 Å². The Bertz CT molecular complexity index is 815. The van der Waals surface area contributed by atoms with Gasteiger partial charge in [0.25, 0.3) is 0 Å². The molecule has 2 rings (SSSR count). The van der Waals surface area contributed by atoms with Gasteiger partial charge in [0.2, 0.25) is 21.8 Å². The van der Waals surface area contributed by atoms with Gasteiger partial charge < -0.3 is 10.6 Å². The van der Waals surface area contributed by atoms with E-state index in [0.29, 0.717) is 24.7 Å². The second-order valence-corrected chi connectivity index (χ2v) is 9.65. The third-order valence-electron chi connectivity index (χ3n) is 5.65. The molecule has 4 N–H and O–H groups in total. The van der Waals surface area contributed by atoms with Crippen molar-refractivity contribution in [1.29, 1.82) is 0 Å². The second kappa shape index (κ2) is 9.69. The summed E-state index contributed by atoms with van der Waals surface area (Å²) in [6.45, 7) is 9.35. The summed E-state index contributed by atoms with van der Waals surface area (Å²) in [6, 6.07) is 5.53. The smallest absolute Gasteiger partial charge is 0.241 e. The molecule has 1 aromatic rings. The van der Waals surface area contributed by atoms with E-state index in [1.165, 1.54) is 24.3 Å². The average Bonchev–Trinajstić information content (AvgIpc) is 2.67. The summed E-state index contributed by atoms with van der Waals surface area (Å²) in [5, 5.41) is 10.9. The monoisotopic (exact) mass is 424 g/mol. The van der Waals surface area contributed by atoms with Crippen LogP contribution in [0.15, 0.2) is 29.2 Å². The number of rotatable bonds is 7. The Kier molecular flexibility index (Phi) is 7.79. The first-order chi connectivity index (χ1) is 13.5. The topological polar surface area (TPSA) is 122 Å². The van der Waals surface area contributed by atoms with Crippen molar-refractivity contribution in [2.24, 2.45) is 17.0 Å². The van der Waals surface area contributed by atoms with Crippen LogP contribution in [0, 0.1) is 11.8 Å². The molecular weight excluding hydrogens is 392 g/mol. The van der Waals surface area contributed by atoms with E-state index in [9.17, 15) is 18.0 Å². The number of benzene rings is 1. The minimum atomic E-state index is -3.76. The molecule has 9 heteroatoms. The largest absolute Gasteiger partial charge is 0.353 e. The minimum absolute atomic E-state index is 0.00400. The molecule has 162 valence electrons. The van der Waals surface area contributed by atoms with Crippen LogP contribution >= 0.6 is 0 Å². The number of carbonyl (C=O) groups excluding carboxylic acids is 2. The van der Waals surface area contributed by atoms with E-state index in [0.717, 1.165) is 12.8 Å². The van der Waals surface area contributed by atoms with Crippen molar-refractivity contribution in [2.45, 2.75) is 57.5 Å². The van der Waals surface area contributed by atoms with Gasteiger partial charge in [-0.1, -0.05) is 13.8 Å². The molecule has 1 fully saturated rings. The zero-order chi connectivity index (χ0) is 21.8. The predicted molar refractivity (Wildman–Crippen MR) is 113 cm³/mol. The Morgan fingerprint density at radius 1 is 1.07 bits per heavy atom. The van der Waals surface area contributed by atoms with Crippen molar-refractivity contribution in [3.8, 4) is 0 Å². The molecule has 0 aliphatic carbocycles. The summed E-state index contributed by atoms with van der Waals surface area (Å²) in [5.74, 6) is 0.290. The standard InChI is InChI=1S/C20H32N4O4S/c1-13(2)14(3)22-20(26)16-9-11-24(12-10-16)15(4)19(25)23-17-5-7-18(8-6-17)29(21,27)28/h5-8,13-16H,9-12H2,1-4H3,(H,22,26)(H,23,25)(H2,21,27,28). The third kappa shape index (κ3) is 6.52. The summed E-state index contributed by atoms with van der Waals surface area (Å²) in [4.78, 5) is 27.0. The maximum atomic E-state index is 12.6. The number of amides is 2. The molecule has 0 radical (unpaired) electrons. The molecule has 2 atom stereocenters. The van der Waals surface area contributed by atoms with E-state index >= 15 is 0 Å². The van der Waals surface area contributed by atoms with E-state index in [-0.39, 0.29) is 34.7 Å². The number of hydrogen-bond acceptors (Lipinski definition) is 5. The highest BCUT2D eigenvalue weighted by Crippen LogP contribution is 2.21. The first-order valence-corrected chi connectivity index (χ1v) is 11.5. The highest BCUT2D eigenvalue weighted by atomic mass is 32.2. The molecule has 2 amide bonds. The molecule has 1 aliphatic rings. The maximum absolute atomic E-state index is 12.6. The SMILES string of the molecule is CC(C)C(C)NC(=O)C1CCN(C(C)C(=O)Nc2ccc(S(N)(=O)=O)cc2)CC1. The zero-order valence-corrected chi connectivity index (χ0v) is 18.3. The Balaban J connectivity index is 1.86. The first kappa shape index (κ1) is 23.3. The van der Waals surface area contributed by atoms with E-state index in [4.69, 9.17) is 5.14 Å². The molecule has 1 aliphatic heterocycles. The minimum Gasteiger partial charge on any atom is -0.353 e. The Labute approximate surface area is 173 Å². The maximum Gasteiger partial charge on any atom is 0.241 e. The van der Waals surface area contributed by atoms with Gasteiger partial charge in [0.15, 0.2) is 0 Å². The van der Waals surface area contributed by atoms with Crippen molar-refractivity contribution < 1.29 is 18.0 Å².